The monoisotopic (exact) mass is 200 g/mol. The van der Waals surface area contributed by atoms with Crippen LogP contribution in [0.1, 0.15) is 41.5 Å². The Labute approximate surface area is 90.4 Å². The Morgan fingerprint density at radius 1 is 1.07 bits per heavy atom. The molecule has 0 fully saturated rings. The smallest absolute Gasteiger partial charge is 0.0271 e. The highest BCUT2D eigenvalue weighted by atomic mass is 15.1. The van der Waals surface area contributed by atoms with Crippen molar-refractivity contribution in [1.82, 2.24) is 10.2 Å². The van der Waals surface area contributed by atoms with Gasteiger partial charge in [0.25, 0.3) is 0 Å². The van der Waals surface area contributed by atoms with Crippen LogP contribution in [0.25, 0.3) is 0 Å². The van der Waals surface area contributed by atoms with Gasteiger partial charge in [-0.2, -0.15) is 0 Å². The summed E-state index contributed by atoms with van der Waals surface area (Å²) in [4.78, 5) is 2.33. The van der Waals surface area contributed by atoms with Gasteiger partial charge in [0.05, 0.1) is 0 Å². The molecule has 0 aromatic carbocycles. The van der Waals surface area contributed by atoms with Gasteiger partial charge in [-0.1, -0.05) is 27.7 Å². The van der Waals surface area contributed by atoms with E-state index < -0.39 is 0 Å². The minimum Gasteiger partial charge on any atom is -0.387 e. The zero-order valence-electron chi connectivity index (χ0n) is 11.1. The van der Waals surface area contributed by atoms with E-state index in [4.69, 9.17) is 0 Å². The van der Waals surface area contributed by atoms with Gasteiger partial charge in [0.2, 0.25) is 0 Å². The van der Waals surface area contributed by atoms with Crippen molar-refractivity contribution in [3.63, 3.8) is 0 Å². The maximum atomic E-state index is 3.36. The van der Waals surface area contributed by atoms with Crippen LogP contribution in [0.3, 0.4) is 0 Å². The minimum atomic E-state index is 1.08. The molecule has 0 aromatic heterocycles. The van der Waals surface area contributed by atoms with Crippen molar-refractivity contribution in [3.05, 3.63) is 11.3 Å². The number of hydrogen-bond donors (Lipinski definition) is 1. The van der Waals surface area contributed by atoms with E-state index in [1.165, 1.54) is 11.3 Å². The Kier molecular flexibility index (Phi) is 12.1. The molecule has 0 radical (unpaired) electrons. The van der Waals surface area contributed by atoms with Crippen LogP contribution >= 0.6 is 0 Å². The maximum Gasteiger partial charge on any atom is 0.0271 e. The molecule has 0 spiro atoms. The first-order valence-electron chi connectivity index (χ1n) is 5.79. The fourth-order valence-corrected chi connectivity index (χ4v) is 1.19. The topological polar surface area (TPSA) is 15.3 Å². The van der Waals surface area contributed by atoms with E-state index >= 15 is 0 Å². The first kappa shape index (κ1) is 15.9. The number of hydrogen-bond acceptors (Lipinski definition) is 2. The Bertz CT molecular complexity index is 150. The number of allylic oxidation sites excluding steroid dienone is 1. The molecular weight excluding hydrogens is 172 g/mol. The summed E-state index contributed by atoms with van der Waals surface area (Å²) in [6.45, 7) is 15.7. The molecule has 0 saturated carbocycles. The van der Waals surface area contributed by atoms with E-state index in [0.717, 1.165) is 19.6 Å². The zero-order valence-corrected chi connectivity index (χ0v) is 11.1. The Morgan fingerprint density at radius 3 is 2.07 bits per heavy atom. The second-order valence-corrected chi connectivity index (χ2v) is 3.07. The number of likely N-dealkylation sites (N-methyl/N-ethyl adjacent to an activating group) is 1. The molecular formula is C12H28N2. The standard InChI is InChI=1S/C8H16N2.2C2H6/c1-7-6-10(3)5-4-9-8(7)2;2*1-2/h9H,4-6H2,1-3H3;2*1-2H3. The van der Waals surface area contributed by atoms with Crippen LogP contribution in [0.5, 0.6) is 0 Å². The summed E-state index contributed by atoms with van der Waals surface area (Å²) in [6.07, 6.45) is 0. The van der Waals surface area contributed by atoms with Crippen LogP contribution in [0.2, 0.25) is 0 Å². The molecule has 1 heterocycles. The lowest BCUT2D eigenvalue weighted by Crippen LogP contribution is -2.24. The van der Waals surface area contributed by atoms with Gasteiger partial charge >= 0.3 is 0 Å². The molecule has 0 bridgehead atoms. The fraction of sp³-hybridized carbons (Fsp3) is 0.833. The first-order valence-corrected chi connectivity index (χ1v) is 5.79. The molecule has 1 aliphatic rings. The summed E-state index contributed by atoms with van der Waals surface area (Å²) >= 11 is 0. The molecule has 0 amide bonds. The molecule has 1 rings (SSSR count). The second kappa shape index (κ2) is 10.6. The average molecular weight is 200 g/mol. The summed E-state index contributed by atoms with van der Waals surface area (Å²) in [5.74, 6) is 0. The third-order valence-corrected chi connectivity index (χ3v) is 2.03. The Morgan fingerprint density at radius 2 is 1.57 bits per heavy atom. The first-order chi connectivity index (χ1) is 6.70. The quantitative estimate of drug-likeness (QED) is 0.647. The summed E-state index contributed by atoms with van der Waals surface area (Å²) in [7, 11) is 2.16. The molecule has 1 N–H and O–H groups in total. The lowest BCUT2D eigenvalue weighted by atomic mass is 10.2. The van der Waals surface area contributed by atoms with Crippen LogP contribution in [0, 0.1) is 0 Å². The molecule has 2 nitrogen and oxygen atoms in total. The highest BCUT2D eigenvalue weighted by molar-refractivity contribution is 5.10. The molecule has 0 aliphatic carbocycles. The SMILES string of the molecule is CC.CC.CC1=C(C)NCCN(C)C1. The highest BCUT2D eigenvalue weighted by Crippen LogP contribution is 2.04. The van der Waals surface area contributed by atoms with Crippen molar-refractivity contribution in [1.29, 1.82) is 0 Å². The van der Waals surface area contributed by atoms with E-state index in [1.54, 1.807) is 0 Å². The largest absolute Gasteiger partial charge is 0.387 e. The number of nitrogens with one attached hydrogen (secondary N) is 1. The van der Waals surface area contributed by atoms with Crippen LogP contribution in [-0.4, -0.2) is 31.6 Å². The fourth-order valence-electron chi connectivity index (χ4n) is 1.19. The minimum absolute atomic E-state index is 1.08. The van der Waals surface area contributed by atoms with Gasteiger partial charge in [-0.05, 0) is 26.5 Å². The summed E-state index contributed by atoms with van der Waals surface area (Å²) < 4.78 is 0. The van der Waals surface area contributed by atoms with Gasteiger partial charge in [-0.25, -0.2) is 0 Å². The number of nitrogens with zero attached hydrogens (tertiary/aromatic N) is 1. The highest BCUT2D eigenvalue weighted by Gasteiger charge is 2.05. The molecule has 0 unspecified atom stereocenters. The zero-order chi connectivity index (χ0) is 11.6. The third-order valence-electron chi connectivity index (χ3n) is 2.03. The summed E-state index contributed by atoms with van der Waals surface area (Å²) in [5.41, 5.74) is 2.81. The van der Waals surface area contributed by atoms with E-state index in [-0.39, 0.29) is 0 Å². The van der Waals surface area contributed by atoms with Gasteiger partial charge in [0.1, 0.15) is 0 Å². The lowest BCUT2D eigenvalue weighted by molar-refractivity contribution is 0.374. The summed E-state index contributed by atoms with van der Waals surface area (Å²) in [6, 6.07) is 0. The van der Waals surface area contributed by atoms with Crippen LogP contribution in [0.4, 0.5) is 0 Å². The van der Waals surface area contributed by atoms with E-state index in [1.807, 2.05) is 27.7 Å². The summed E-state index contributed by atoms with van der Waals surface area (Å²) in [5, 5.41) is 3.36. The molecule has 0 saturated heterocycles. The molecule has 0 atom stereocenters. The molecule has 14 heavy (non-hydrogen) atoms. The molecule has 1 aliphatic heterocycles. The molecule has 2 heteroatoms. The van der Waals surface area contributed by atoms with Crippen molar-refractivity contribution < 1.29 is 0 Å². The van der Waals surface area contributed by atoms with Gasteiger partial charge < -0.3 is 10.2 Å². The van der Waals surface area contributed by atoms with Gasteiger partial charge in [0.15, 0.2) is 0 Å². The van der Waals surface area contributed by atoms with Crippen molar-refractivity contribution in [2.45, 2.75) is 41.5 Å². The van der Waals surface area contributed by atoms with Gasteiger partial charge in [-0.15, -0.1) is 0 Å². The maximum absolute atomic E-state index is 3.36. The second-order valence-electron chi connectivity index (χ2n) is 3.07. The van der Waals surface area contributed by atoms with Crippen LogP contribution in [-0.2, 0) is 0 Å². The number of rotatable bonds is 0. The lowest BCUT2D eigenvalue weighted by Gasteiger charge is -2.11. The van der Waals surface area contributed by atoms with E-state index in [2.05, 4.69) is 31.1 Å². The molecule has 86 valence electrons. The van der Waals surface area contributed by atoms with Crippen molar-refractivity contribution in [2.24, 2.45) is 0 Å². The Hall–Kier alpha value is -0.500. The molecule has 0 aromatic rings. The van der Waals surface area contributed by atoms with Crippen LogP contribution < -0.4 is 5.32 Å². The van der Waals surface area contributed by atoms with Crippen LogP contribution in [0.15, 0.2) is 11.3 Å². The normalized spacial score (nSPS) is 16.8. The third kappa shape index (κ3) is 6.96. The van der Waals surface area contributed by atoms with Gasteiger partial charge in [0, 0.05) is 25.3 Å². The predicted octanol–water partition coefficient (Wildman–Crippen LogP) is 2.87. The van der Waals surface area contributed by atoms with E-state index in [0.29, 0.717) is 0 Å². The van der Waals surface area contributed by atoms with Crippen molar-refractivity contribution >= 4 is 0 Å². The van der Waals surface area contributed by atoms with E-state index in [9.17, 15) is 0 Å². The predicted molar refractivity (Wildman–Crippen MR) is 66.6 cm³/mol. The van der Waals surface area contributed by atoms with Crippen molar-refractivity contribution in [3.8, 4) is 0 Å². The van der Waals surface area contributed by atoms with Crippen molar-refractivity contribution in [2.75, 3.05) is 26.7 Å². The average Bonchev–Trinajstić information content (AvgIpc) is 2.36. The van der Waals surface area contributed by atoms with Gasteiger partial charge in [-0.3, -0.25) is 0 Å². The Balaban J connectivity index is 0.